The Balaban J connectivity index is 1.81. The molecule has 0 amide bonds. The third-order valence-corrected chi connectivity index (χ3v) is 6.24. The van der Waals surface area contributed by atoms with Crippen molar-refractivity contribution in [3.8, 4) is 0 Å². The summed E-state index contributed by atoms with van der Waals surface area (Å²) in [6, 6.07) is 20.4. The zero-order valence-electron chi connectivity index (χ0n) is 15.8. The minimum absolute atomic E-state index is 0.145. The van der Waals surface area contributed by atoms with E-state index in [1.165, 1.54) is 11.1 Å². The number of Topliss-reactive ketones (excluding diaryl/α,β-unsaturated/α-hetero) is 1. The van der Waals surface area contributed by atoms with Crippen molar-refractivity contribution in [1.82, 2.24) is 0 Å². The van der Waals surface area contributed by atoms with Crippen LogP contribution in [0.1, 0.15) is 43.7 Å². The Morgan fingerprint density at radius 2 is 1.74 bits per heavy atom. The lowest BCUT2D eigenvalue weighted by Gasteiger charge is -2.48. The minimum atomic E-state index is -0.413. The van der Waals surface area contributed by atoms with Crippen LogP contribution in [0.4, 0.5) is 0 Å². The van der Waals surface area contributed by atoms with Crippen LogP contribution >= 0.6 is 0 Å². The summed E-state index contributed by atoms with van der Waals surface area (Å²) in [5.74, 6) is 0.145. The van der Waals surface area contributed by atoms with Crippen LogP contribution in [0, 0.1) is 5.41 Å². The van der Waals surface area contributed by atoms with E-state index >= 15 is 0 Å². The largest absolute Gasteiger partial charge is 0.392 e. The Morgan fingerprint density at radius 1 is 1.07 bits per heavy atom. The van der Waals surface area contributed by atoms with Crippen LogP contribution < -0.4 is 0 Å². The SMILES string of the molecule is CC1=C2CCC[C@H](O)[C@@]2(Cc2ccccc2)CC(=Cc2ccccc2)C1=O. The summed E-state index contributed by atoms with van der Waals surface area (Å²) in [5.41, 5.74) is 4.74. The number of hydrogen-bond acceptors (Lipinski definition) is 2. The highest BCUT2D eigenvalue weighted by atomic mass is 16.3. The molecule has 0 unspecified atom stereocenters. The first kappa shape index (κ1) is 17.9. The van der Waals surface area contributed by atoms with Crippen LogP contribution in [0.15, 0.2) is 77.4 Å². The number of rotatable bonds is 3. The second kappa shape index (κ2) is 7.28. The third-order valence-electron chi connectivity index (χ3n) is 6.24. The van der Waals surface area contributed by atoms with Crippen molar-refractivity contribution in [2.75, 3.05) is 0 Å². The molecule has 0 aromatic heterocycles. The Labute approximate surface area is 161 Å². The van der Waals surface area contributed by atoms with Gasteiger partial charge < -0.3 is 5.11 Å². The predicted octanol–water partition coefficient (Wildman–Crippen LogP) is 5.13. The summed E-state index contributed by atoms with van der Waals surface area (Å²) in [4.78, 5) is 13.1. The molecule has 2 aromatic carbocycles. The number of carbonyl (C=O) groups is 1. The average molecular weight is 358 g/mol. The highest BCUT2D eigenvalue weighted by Crippen LogP contribution is 2.52. The fraction of sp³-hybridized carbons (Fsp3) is 0.320. The third kappa shape index (κ3) is 3.30. The average Bonchev–Trinajstić information content (AvgIpc) is 2.69. The van der Waals surface area contributed by atoms with Crippen molar-refractivity contribution in [3.63, 3.8) is 0 Å². The van der Waals surface area contributed by atoms with E-state index in [2.05, 4.69) is 12.1 Å². The van der Waals surface area contributed by atoms with Gasteiger partial charge in [-0.2, -0.15) is 0 Å². The first-order valence-electron chi connectivity index (χ1n) is 9.83. The van der Waals surface area contributed by atoms with Gasteiger partial charge in [-0.15, -0.1) is 0 Å². The molecule has 0 bridgehead atoms. The smallest absolute Gasteiger partial charge is 0.184 e. The molecular formula is C25H26O2. The molecule has 27 heavy (non-hydrogen) atoms. The highest BCUT2D eigenvalue weighted by molar-refractivity contribution is 6.12. The summed E-state index contributed by atoms with van der Waals surface area (Å²) in [6.07, 6.45) is 5.66. The van der Waals surface area contributed by atoms with E-state index in [1.54, 1.807) is 0 Å². The van der Waals surface area contributed by atoms with E-state index in [0.717, 1.165) is 42.4 Å². The van der Waals surface area contributed by atoms with Gasteiger partial charge in [-0.1, -0.05) is 66.2 Å². The van der Waals surface area contributed by atoms with Gasteiger partial charge in [-0.3, -0.25) is 4.79 Å². The van der Waals surface area contributed by atoms with Gasteiger partial charge in [0.15, 0.2) is 5.78 Å². The molecular weight excluding hydrogens is 332 g/mol. The Bertz CT molecular complexity index is 892. The normalized spacial score (nSPS) is 27.0. The van der Waals surface area contributed by atoms with Gasteiger partial charge in [-0.05, 0) is 61.8 Å². The summed E-state index contributed by atoms with van der Waals surface area (Å²) in [5, 5.41) is 11.1. The van der Waals surface area contributed by atoms with Crippen molar-refractivity contribution in [2.45, 2.75) is 45.1 Å². The number of aliphatic hydroxyl groups is 1. The maximum Gasteiger partial charge on any atom is 0.184 e. The van der Waals surface area contributed by atoms with Gasteiger partial charge in [0.05, 0.1) is 6.10 Å². The lowest BCUT2D eigenvalue weighted by atomic mass is 9.57. The molecule has 2 aliphatic rings. The molecule has 1 saturated carbocycles. The summed E-state index contributed by atoms with van der Waals surface area (Å²) in [6.45, 7) is 1.95. The molecule has 138 valence electrons. The Kier molecular flexibility index (Phi) is 4.84. The van der Waals surface area contributed by atoms with Crippen LogP contribution in [-0.4, -0.2) is 17.0 Å². The highest BCUT2D eigenvalue weighted by Gasteiger charge is 2.48. The lowest BCUT2D eigenvalue weighted by Crippen LogP contribution is -2.46. The predicted molar refractivity (Wildman–Crippen MR) is 109 cm³/mol. The second-order valence-electron chi connectivity index (χ2n) is 7.92. The number of ketones is 1. The number of hydrogen-bond donors (Lipinski definition) is 1. The van der Waals surface area contributed by atoms with Crippen molar-refractivity contribution in [1.29, 1.82) is 0 Å². The van der Waals surface area contributed by atoms with Gasteiger partial charge in [0, 0.05) is 11.0 Å². The van der Waals surface area contributed by atoms with Gasteiger partial charge in [0.2, 0.25) is 0 Å². The quantitative estimate of drug-likeness (QED) is 0.772. The molecule has 2 nitrogen and oxygen atoms in total. The van der Waals surface area contributed by atoms with Crippen molar-refractivity contribution in [3.05, 3.63) is 88.5 Å². The van der Waals surface area contributed by atoms with Crippen molar-refractivity contribution < 1.29 is 9.90 Å². The standard InChI is InChI=1S/C25H26O2/c1-18-22-13-8-14-23(26)25(22,16-20-11-6-3-7-12-20)17-21(24(18)27)15-19-9-4-2-5-10-19/h2-7,9-12,15,23,26H,8,13-14,16-17H2,1H3/t23-,25-/m0/s1. The monoisotopic (exact) mass is 358 g/mol. The number of carbonyl (C=O) groups excluding carboxylic acids is 1. The minimum Gasteiger partial charge on any atom is -0.392 e. The molecule has 1 N–H and O–H groups in total. The van der Waals surface area contributed by atoms with Gasteiger partial charge in [0.1, 0.15) is 0 Å². The molecule has 2 atom stereocenters. The van der Waals surface area contributed by atoms with Gasteiger partial charge >= 0.3 is 0 Å². The van der Waals surface area contributed by atoms with Gasteiger partial charge in [-0.25, -0.2) is 0 Å². The van der Waals surface area contributed by atoms with Crippen LogP contribution in [-0.2, 0) is 11.2 Å². The maximum atomic E-state index is 13.1. The maximum absolute atomic E-state index is 13.1. The molecule has 0 heterocycles. The molecule has 0 saturated heterocycles. The molecule has 2 heteroatoms. The van der Waals surface area contributed by atoms with Crippen LogP contribution in [0.3, 0.4) is 0 Å². The molecule has 0 aliphatic heterocycles. The lowest BCUT2D eigenvalue weighted by molar-refractivity contribution is -0.113. The topological polar surface area (TPSA) is 37.3 Å². The zero-order valence-corrected chi connectivity index (χ0v) is 15.8. The molecule has 0 spiro atoms. The number of benzene rings is 2. The van der Waals surface area contributed by atoms with E-state index in [9.17, 15) is 9.90 Å². The summed E-state index contributed by atoms with van der Waals surface area (Å²) < 4.78 is 0. The van der Waals surface area contributed by atoms with Crippen LogP contribution in [0.25, 0.3) is 6.08 Å². The molecule has 0 radical (unpaired) electrons. The van der Waals surface area contributed by atoms with Crippen LogP contribution in [0.2, 0.25) is 0 Å². The Hall–Kier alpha value is -2.45. The fourth-order valence-corrected chi connectivity index (χ4v) is 4.90. The number of aliphatic hydroxyl groups excluding tert-OH is 1. The fourth-order valence-electron chi connectivity index (χ4n) is 4.90. The number of allylic oxidation sites excluding steroid dienone is 2. The van der Waals surface area contributed by atoms with Gasteiger partial charge in [0.25, 0.3) is 0 Å². The molecule has 2 aliphatic carbocycles. The number of fused-ring (bicyclic) bond motifs is 1. The van der Waals surface area contributed by atoms with Crippen molar-refractivity contribution in [2.24, 2.45) is 5.41 Å². The van der Waals surface area contributed by atoms with E-state index in [-0.39, 0.29) is 11.2 Å². The molecule has 4 rings (SSSR count). The summed E-state index contributed by atoms with van der Waals surface area (Å²) in [7, 11) is 0. The van der Waals surface area contributed by atoms with Crippen LogP contribution in [0.5, 0.6) is 0 Å². The van der Waals surface area contributed by atoms with E-state index in [0.29, 0.717) is 6.42 Å². The van der Waals surface area contributed by atoms with E-state index < -0.39 is 6.10 Å². The molecule has 1 fully saturated rings. The van der Waals surface area contributed by atoms with E-state index in [4.69, 9.17) is 0 Å². The summed E-state index contributed by atoms with van der Waals surface area (Å²) >= 11 is 0. The van der Waals surface area contributed by atoms with E-state index in [1.807, 2.05) is 61.5 Å². The molecule has 2 aromatic rings. The zero-order chi connectivity index (χ0) is 18.9. The first-order valence-corrected chi connectivity index (χ1v) is 9.83. The second-order valence-corrected chi connectivity index (χ2v) is 7.92. The Morgan fingerprint density at radius 3 is 2.44 bits per heavy atom. The first-order chi connectivity index (χ1) is 13.1. The van der Waals surface area contributed by atoms with Crippen molar-refractivity contribution >= 4 is 11.9 Å².